The summed E-state index contributed by atoms with van der Waals surface area (Å²) in [5.41, 5.74) is 1.00. The van der Waals surface area contributed by atoms with Crippen LogP contribution in [0.3, 0.4) is 0 Å². The van der Waals surface area contributed by atoms with Crippen LogP contribution in [0.2, 0.25) is 0 Å². The molecule has 0 aliphatic rings. The lowest BCUT2D eigenvalue weighted by molar-refractivity contribution is -0.132. The standard InChI is InChI=1S/C18H16F2O3/c1-2-14(18(21)22)8-13-9-15(19)17(16(20)10-13)23-11-12-6-4-3-5-7-12/h3-10H,2,11H2,1H3,(H,21,22). The Hall–Kier alpha value is -2.69. The minimum absolute atomic E-state index is 0.0409. The maximum Gasteiger partial charge on any atom is 0.331 e. The first-order chi connectivity index (χ1) is 11.0. The number of ether oxygens (including phenoxy) is 1. The van der Waals surface area contributed by atoms with Crippen LogP contribution in [-0.4, -0.2) is 11.1 Å². The minimum atomic E-state index is -1.11. The van der Waals surface area contributed by atoms with Crippen molar-refractivity contribution in [1.82, 2.24) is 0 Å². The lowest BCUT2D eigenvalue weighted by Gasteiger charge is -2.09. The Morgan fingerprint density at radius 1 is 1.17 bits per heavy atom. The number of carboxylic acids is 1. The number of rotatable bonds is 6. The summed E-state index contributed by atoms with van der Waals surface area (Å²) in [6.45, 7) is 1.70. The highest BCUT2D eigenvalue weighted by Crippen LogP contribution is 2.25. The van der Waals surface area contributed by atoms with E-state index in [1.807, 2.05) is 6.07 Å². The van der Waals surface area contributed by atoms with Gasteiger partial charge in [-0.3, -0.25) is 0 Å². The van der Waals surface area contributed by atoms with Gasteiger partial charge in [-0.15, -0.1) is 0 Å². The number of aliphatic carboxylic acids is 1. The van der Waals surface area contributed by atoms with Crippen LogP contribution in [0.25, 0.3) is 6.08 Å². The summed E-state index contributed by atoms with van der Waals surface area (Å²) < 4.78 is 33.3. The SMILES string of the molecule is CCC(=Cc1cc(F)c(OCc2ccccc2)c(F)c1)C(=O)O. The Morgan fingerprint density at radius 2 is 1.78 bits per heavy atom. The molecule has 2 aromatic carbocycles. The molecule has 0 saturated carbocycles. The van der Waals surface area contributed by atoms with Crippen LogP contribution in [0.4, 0.5) is 8.78 Å². The average molecular weight is 318 g/mol. The van der Waals surface area contributed by atoms with Crippen molar-refractivity contribution < 1.29 is 23.4 Å². The van der Waals surface area contributed by atoms with E-state index in [0.717, 1.165) is 17.7 Å². The molecule has 0 aliphatic carbocycles. The average Bonchev–Trinajstić information content (AvgIpc) is 2.52. The molecule has 2 aromatic rings. The van der Waals surface area contributed by atoms with Crippen molar-refractivity contribution in [3.63, 3.8) is 0 Å². The molecule has 0 spiro atoms. The van der Waals surface area contributed by atoms with Crippen molar-refractivity contribution in [3.8, 4) is 5.75 Å². The number of halogens is 2. The fraction of sp³-hybridized carbons (Fsp3) is 0.167. The highest BCUT2D eigenvalue weighted by molar-refractivity contribution is 5.92. The zero-order chi connectivity index (χ0) is 16.8. The molecule has 23 heavy (non-hydrogen) atoms. The van der Waals surface area contributed by atoms with E-state index in [-0.39, 0.29) is 24.2 Å². The molecule has 0 bridgehead atoms. The van der Waals surface area contributed by atoms with E-state index in [4.69, 9.17) is 9.84 Å². The number of benzene rings is 2. The third-order valence-electron chi connectivity index (χ3n) is 3.24. The zero-order valence-corrected chi connectivity index (χ0v) is 12.6. The molecule has 0 atom stereocenters. The van der Waals surface area contributed by atoms with Gasteiger partial charge in [0, 0.05) is 5.57 Å². The molecule has 0 unspecified atom stereocenters. The molecular formula is C18H16F2O3. The maximum atomic E-state index is 14.0. The molecule has 0 heterocycles. The number of hydrogen-bond donors (Lipinski definition) is 1. The van der Waals surface area contributed by atoms with E-state index in [2.05, 4.69) is 0 Å². The van der Waals surface area contributed by atoms with Gasteiger partial charge in [-0.1, -0.05) is 37.3 Å². The van der Waals surface area contributed by atoms with E-state index >= 15 is 0 Å². The first-order valence-corrected chi connectivity index (χ1v) is 7.11. The van der Waals surface area contributed by atoms with Crippen LogP contribution in [0.5, 0.6) is 5.75 Å². The van der Waals surface area contributed by atoms with Crippen molar-refractivity contribution in [2.75, 3.05) is 0 Å². The van der Waals surface area contributed by atoms with Crippen molar-refractivity contribution in [2.45, 2.75) is 20.0 Å². The smallest absolute Gasteiger partial charge is 0.331 e. The van der Waals surface area contributed by atoms with E-state index in [0.29, 0.717) is 0 Å². The van der Waals surface area contributed by atoms with Gasteiger partial charge < -0.3 is 9.84 Å². The molecule has 2 rings (SSSR count). The summed E-state index contributed by atoms with van der Waals surface area (Å²) in [5, 5.41) is 8.96. The van der Waals surface area contributed by atoms with E-state index in [9.17, 15) is 13.6 Å². The van der Waals surface area contributed by atoms with Crippen molar-refractivity contribution in [2.24, 2.45) is 0 Å². The van der Waals surface area contributed by atoms with Crippen LogP contribution in [-0.2, 0) is 11.4 Å². The molecule has 1 N–H and O–H groups in total. The lowest BCUT2D eigenvalue weighted by Crippen LogP contribution is -2.01. The number of carbonyl (C=O) groups is 1. The van der Waals surface area contributed by atoms with Gasteiger partial charge in [-0.2, -0.15) is 0 Å². The largest absolute Gasteiger partial charge is 0.483 e. The van der Waals surface area contributed by atoms with Crippen LogP contribution in [0, 0.1) is 11.6 Å². The van der Waals surface area contributed by atoms with Gasteiger partial charge >= 0.3 is 5.97 Å². The van der Waals surface area contributed by atoms with Gasteiger partial charge in [0.2, 0.25) is 0 Å². The Bertz CT molecular complexity index is 701. The van der Waals surface area contributed by atoms with E-state index < -0.39 is 23.4 Å². The predicted octanol–water partition coefficient (Wildman–Crippen LogP) is 4.42. The van der Waals surface area contributed by atoms with Crippen molar-refractivity contribution in [3.05, 3.63) is 70.8 Å². The molecule has 0 radical (unpaired) electrons. The van der Waals surface area contributed by atoms with Crippen LogP contribution in [0.15, 0.2) is 48.0 Å². The quantitative estimate of drug-likeness (QED) is 0.802. The summed E-state index contributed by atoms with van der Waals surface area (Å²) in [6, 6.07) is 11.1. The normalized spacial score (nSPS) is 11.3. The third kappa shape index (κ3) is 4.39. The van der Waals surface area contributed by atoms with Gasteiger partial charge in [0.1, 0.15) is 6.61 Å². The first kappa shape index (κ1) is 16.7. The molecular weight excluding hydrogens is 302 g/mol. The molecule has 0 aliphatic heterocycles. The molecule has 0 fully saturated rings. The Kier molecular flexibility index (Phi) is 5.46. The van der Waals surface area contributed by atoms with Gasteiger partial charge in [0.15, 0.2) is 17.4 Å². The molecule has 3 nitrogen and oxygen atoms in total. The summed E-state index contributed by atoms with van der Waals surface area (Å²) >= 11 is 0. The Morgan fingerprint density at radius 3 is 2.30 bits per heavy atom. The second-order valence-electron chi connectivity index (χ2n) is 4.92. The summed E-state index contributed by atoms with van der Waals surface area (Å²) in [4.78, 5) is 11.0. The second-order valence-corrected chi connectivity index (χ2v) is 4.92. The lowest BCUT2D eigenvalue weighted by atomic mass is 10.1. The molecule has 5 heteroatoms. The number of hydrogen-bond acceptors (Lipinski definition) is 2. The Labute approximate surface area is 132 Å². The van der Waals surface area contributed by atoms with Crippen LogP contribution < -0.4 is 4.74 Å². The molecule has 120 valence electrons. The topological polar surface area (TPSA) is 46.5 Å². The van der Waals surface area contributed by atoms with Crippen molar-refractivity contribution >= 4 is 12.0 Å². The van der Waals surface area contributed by atoms with E-state index in [1.165, 1.54) is 6.08 Å². The van der Waals surface area contributed by atoms with Gasteiger partial charge in [0.05, 0.1) is 0 Å². The second kappa shape index (κ2) is 7.54. The molecule has 0 saturated heterocycles. The third-order valence-corrected chi connectivity index (χ3v) is 3.24. The highest BCUT2D eigenvalue weighted by atomic mass is 19.1. The van der Waals surface area contributed by atoms with Gasteiger partial charge in [-0.25, -0.2) is 13.6 Å². The maximum absolute atomic E-state index is 14.0. The molecule has 0 amide bonds. The van der Waals surface area contributed by atoms with Gasteiger partial charge in [-0.05, 0) is 35.8 Å². The summed E-state index contributed by atoms with van der Waals surface area (Å²) in [7, 11) is 0. The monoisotopic (exact) mass is 318 g/mol. The van der Waals surface area contributed by atoms with Crippen LogP contribution >= 0.6 is 0 Å². The van der Waals surface area contributed by atoms with Gasteiger partial charge in [0.25, 0.3) is 0 Å². The fourth-order valence-electron chi connectivity index (χ4n) is 2.05. The molecule has 0 aromatic heterocycles. The zero-order valence-electron chi connectivity index (χ0n) is 12.6. The van der Waals surface area contributed by atoms with Crippen LogP contribution in [0.1, 0.15) is 24.5 Å². The minimum Gasteiger partial charge on any atom is -0.483 e. The van der Waals surface area contributed by atoms with Crippen molar-refractivity contribution in [1.29, 1.82) is 0 Å². The summed E-state index contributed by atoms with van der Waals surface area (Å²) in [6.07, 6.45) is 1.50. The highest BCUT2D eigenvalue weighted by Gasteiger charge is 2.13. The fourth-order valence-corrected chi connectivity index (χ4v) is 2.05. The summed E-state index contributed by atoms with van der Waals surface area (Å²) in [5.74, 6) is -3.32. The predicted molar refractivity (Wildman–Crippen MR) is 83.0 cm³/mol. The first-order valence-electron chi connectivity index (χ1n) is 7.11. The number of carboxylic acid groups (broad SMARTS) is 1. The Balaban J connectivity index is 2.22. The van der Waals surface area contributed by atoms with E-state index in [1.54, 1.807) is 31.2 Å².